The smallest absolute Gasteiger partial charge is 0.220 e. The molecular weight excluding hydrogens is 490 g/mol. The molecule has 0 aromatic carbocycles. The van der Waals surface area contributed by atoms with Crippen molar-refractivity contribution in [3.05, 3.63) is 12.2 Å². The maximum absolute atomic E-state index is 12.6. The summed E-state index contributed by atoms with van der Waals surface area (Å²) in [5.74, 6) is -0.192. The number of hydrogen-bond donors (Lipinski definition) is 6. The number of aliphatic hydroxyl groups is 5. The first-order chi connectivity index (χ1) is 18.3. The van der Waals surface area contributed by atoms with Gasteiger partial charge in [0.2, 0.25) is 5.91 Å². The molecule has 7 unspecified atom stereocenters. The van der Waals surface area contributed by atoms with Crippen molar-refractivity contribution in [3.63, 3.8) is 0 Å². The molecule has 1 aliphatic rings. The highest BCUT2D eigenvalue weighted by molar-refractivity contribution is 5.76. The van der Waals surface area contributed by atoms with E-state index in [4.69, 9.17) is 9.47 Å². The fourth-order valence-electron chi connectivity index (χ4n) is 4.56. The highest BCUT2D eigenvalue weighted by Gasteiger charge is 2.44. The molecule has 6 N–H and O–H groups in total. The normalized spacial score (nSPS) is 25.5. The number of amides is 1. The highest BCUT2D eigenvalue weighted by atomic mass is 16.7. The maximum atomic E-state index is 12.6. The average Bonchev–Trinajstić information content (AvgIpc) is 2.91. The van der Waals surface area contributed by atoms with Gasteiger partial charge in [0, 0.05) is 6.42 Å². The SMILES string of the molecule is CCCCCCCCC/C=C/C(O)C(COC1OC(CO)C(O)C(O)C1O)NC(=O)CCCCCCCC. The number of ether oxygens (including phenoxy) is 2. The van der Waals surface area contributed by atoms with E-state index in [2.05, 4.69) is 19.2 Å². The maximum Gasteiger partial charge on any atom is 0.220 e. The molecule has 0 radical (unpaired) electrons. The van der Waals surface area contributed by atoms with Crippen LogP contribution in [0.3, 0.4) is 0 Å². The van der Waals surface area contributed by atoms with Gasteiger partial charge in [0.25, 0.3) is 0 Å². The monoisotopic (exact) mass is 545 g/mol. The van der Waals surface area contributed by atoms with Crippen LogP contribution in [0.15, 0.2) is 12.2 Å². The van der Waals surface area contributed by atoms with Crippen molar-refractivity contribution in [2.75, 3.05) is 13.2 Å². The van der Waals surface area contributed by atoms with Crippen LogP contribution < -0.4 is 5.32 Å². The van der Waals surface area contributed by atoms with Crippen LogP contribution in [0.5, 0.6) is 0 Å². The summed E-state index contributed by atoms with van der Waals surface area (Å²) in [7, 11) is 0. The van der Waals surface area contributed by atoms with Gasteiger partial charge in [-0.3, -0.25) is 4.79 Å². The van der Waals surface area contributed by atoms with Crippen molar-refractivity contribution in [2.24, 2.45) is 0 Å². The van der Waals surface area contributed by atoms with Gasteiger partial charge < -0.3 is 40.3 Å². The highest BCUT2D eigenvalue weighted by Crippen LogP contribution is 2.22. The molecule has 224 valence electrons. The van der Waals surface area contributed by atoms with E-state index in [0.29, 0.717) is 6.42 Å². The summed E-state index contributed by atoms with van der Waals surface area (Å²) in [6, 6.07) is -0.791. The zero-order valence-corrected chi connectivity index (χ0v) is 23.7. The van der Waals surface area contributed by atoms with E-state index in [1.807, 2.05) is 6.08 Å². The molecule has 1 heterocycles. The van der Waals surface area contributed by atoms with Gasteiger partial charge in [0.1, 0.15) is 24.4 Å². The third-order valence-corrected chi connectivity index (χ3v) is 7.11. The zero-order valence-electron chi connectivity index (χ0n) is 23.7. The molecular formula is C29H55NO8. The molecule has 1 rings (SSSR count). The number of aliphatic hydroxyl groups excluding tert-OH is 5. The molecule has 7 atom stereocenters. The molecule has 0 bridgehead atoms. The van der Waals surface area contributed by atoms with E-state index in [9.17, 15) is 30.3 Å². The molecule has 1 fully saturated rings. The van der Waals surface area contributed by atoms with Crippen molar-refractivity contribution in [2.45, 2.75) is 153 Å². The van der Waals surface area contributed by atoms with Gasteiger partial charge in [-0.2, -0.15) is 0 Å². The number of hydrogen-bond acceptors (Lipinski definition) is 8. The van der Waals surface area contributed by atoms with Gasteiger partial charge in [0.15, 0.2) is 6.29 Å². The second-order valence-electron chi connectivity index (χ2n) is 10.6. The number of unbranched alkanes of at least 4 members (excludes halogenated alkanes) is 12. The molecule has 0 saturated carbocycles. The van der Waals surface area contributed by atoms with E-state index >= 15 is 0 Å². The predicted octanol–water partition coefficient (Wildman–Crippen LogP) is 3.10. The van der Waals surface area contributed by atoms with Crippen LogP contribution in [0.4, 0.5) is 0 Å². The standard InChI is InChI=1S/C29H55NO8/c1-3-5-7-9-11-12-13-14-16-18-23(32)22(30-25(33)19-17-15-10-8-6-4-2)21-37-29-28(36)27(35)26(34)24(20-31)38-29/h16,18,22-24,26-29,31-32,34-36H,3-15,17,19-21H2,1-2H3,(H,30,33)/b18-16+. The second kappa shape index (κ2) is 21.7. The lowest BCUT2D eigenvalue weighted by molar-refractivity contribution is -0.302. The average molecular weight is 546 g/mol. The molecule has 0 aromatic heterocycles. The molecule has 0 aliphatic carbocycles. The summed E-state index contributed by atoms with van der Waals surface area (Å²) in [6.07, 6.45) is 11.5. The van der Waals surface area contributed by atoms with Crippen molar-refractivity contribution in [1.29, 1.82) is 0 Å². The zero-order chi connectivity index (χ0) is 28.2. The van der Waals surface area contributed by atoms with Crippen LogP contribution in [0.1, 0.15) is 110 Å². The lowest BCUT2D eigenvalue weighted by Gasteiger charge is -2.40. The summed E-state index contributed by atoms with van der Waals surface area (Å²) in [5, 5.41) is 53.2. The van der Waals surface area contributed by atoms with Crippen LogP contribution in [-0.2, 0) is 14.3 Å². The Balaban J connectivity index is 2.61. The van der Waals surface area contributed by atoms with Crippen LogP contribution in [-0.4, -0.2) is 87.5 Å². The number of rotatable bonds is 22. The molecule has 9 heteroatoms. The van der Waals surface area contributed by atoms with Gasteiger partial charge in [-0.15, -0.1) is 0 Å². The first kappa shape index (κ1) is 35.0. The molecule has 38 heavy (non-hydrogen) atoms. The summed E-state index contributed by atoms with van der Waals surface area (Å²) in [6.45, 7) is 3.62. The lowest BCUT2D eigenvalue weighted by atomic mass is 9.99. The van der Waals surface area contributed by atoms with Crippen LogP contribution in [0.25, 0.3) is 0 Å². The van der Waals surface area contributed by atoms with Crippen molar-refractivity contribution in [1.82, 2.24) is 5.32 Å². The first-order valence-corrected chi connectivity index (χ1v) is 14.9. The Labute approximate surface area is 229 Å². The molecule has 0 spiro atoms. The van der Waals surface area contributed by atoms with Gasteiger partial charge in [-0.1, -0.05) is 96.6 Å². The van der Waals surface area contributed by atoms with Gasteiger partial charge in [0.05, 0.1) is 25.4 Å². The van der Waals surface area contributed by atoms with Gasteiger partial charge in [-0.25, -0.2) is 0 Å². The van der Waals surface area contributed by atoms with Crippen LogP contribution in [0, 0.1) is 0 Å². The minimum Gasteiger partial charge on any atom is -0.394 e. The van der Waals surface area contributed by atoms with Crippen molar-refractivity contribution >= 4 is 5.91 Å². The summed E-state index contributed by atoms with van der Waals surface area (Å²) in [4.78, 5) is 12.6. The van der Waals surface area contributed by atoms with E-state index in [0.717, 1.165) is 44.9 Å². The van der Waals surface area contributed by atoms with Gasteiger partial charge >= 0.3 is 0 Å². The van der Waals surface area contributed by atoms with E-state index < -0.39 is 49.5 Å². The van der Waals surface area contributed by atoms with E-state index in [1.54, 1.807) is 6.08 Å². The van der Waals surface area contributed by atoms with Gasteiger partial charge in [-0.05, 0) is 19.3 Å². The summed E-state index contributed by atoms with van der Waals surface area (Å²) >= 11 is 0. The minimum atomic E-state index is -1.56. The topological polar surface area (TPSA) is 149 Å². The Morgan fingerprint density at radius 1 is 0.868 bits per heavy atom. The Morgan fingerprint density at radius 3 is 2.05 bits per heavy atom. The van der Waals surface area contributed by atoms with Crippen LogP contribution >= 0.6 is 0 Å². The molecule has 1 amide bonds. The number of carbonyl (C=O) groups excluding carboxylic acids is 1. The molecule has 1 saturated heterocycles. The number of carbonyl (C=O) groups is 1. The largest absolute Gasteiger partial charge is 0.394 e. The number of allylic oxidation sites excluding steroid dienone is 1. The van der Waals surface area contributed by atoms with Crippen molar-refractivity contribution < 1.29 is 39.8 Å². The van der Waals surface area contributed by atoms with Crippen molar-refractivity contribution in [3.8, 4) is 0 Å². The second-order valence-corrected chi connectivity index (χ2v) is 10.6. The Kier molecular flexibility index (Phi) is 20.0. The Morgan fingerprint density at radius 2 is 1.45 bits per heavy atom. The third kappa shape index (κ3) is 14.4. The fourth-order valence-corrected chi connectivity index (χ4v) is 4.56. The minimum absolute atomic E-state index is 0.187. The Hall–Kier alpha value is -1.07. The lowest BCUT2D eigenvalue weighted by Crippen LogP contribution is -2.60. The molecule has 9 nitrogen and oxygen atoms in total. The Bertz CT molecular complexity index is 617. The summed E-state index contributed by atoms with van der Waals surface area (Å²) < 4.78 is 11.0. The van der Waals surface area contributed by atoms with Crippen LogP contribution in [0.2, 0.25) is 0 Å². The number of nitrogens with one attached hydrogen (secondary N) is 1. The molecule has 1 aliphatic heterocycles. The quantitative estimate of drug-likeness (QED) is 0.0898. The summed E-state index contributed by atoms with van der Waals surface area (Å²) in [5.41, 5.74) is 0. The predicted molar refractivity (Wildman–Crippen MR) is 147 cm³/mol. The molecule has 0 aromatic rings. The third-order valence-electron chi connectivity index (χ3n) is 7.11. The fraction of sp³-hybridized carbons (Fsp3) is 0.897. The van der Waals surface area contributed by atoms with E-state index in [1.165, 1.54) is 44.9 Å². The van der Waals surface area contributed by atoms with E-state index in [-0.39, 0.29) is 12.5 Å². The first-order valence-electron chi connectivity index (χ1n) is 14.9.